The fourth-order valence-electron chi connectivity index (χ4n) is 3.41. The van der Waals surface area contributed by atoms with Crippen molar-refractivity contribution in [1.82, 2.24) is 15.2 Å². The number of morpholine rings is 1. The number of hydrogen-bond donors (Lipinski definition) is 1. The predicted octanol–water partition coefficient (Wildman–Crippen LogP) is 1.39. The minimum absolute atomic E-state index is 0.155. The van der Waals surface area contributed by atoms with E-state index in [4.69, 9.17) is 9.47 Å². The molecule has 0 bridgehead atoms. The second kappa shape index (κ2) is 8.44. The van der Waals surface area contributed by atoms with Crippen LogP contribution in [-0.4, -0.2) is 67.9 Å². The van der Waals surface area contributed by atoms with Gasteiger partial charge in [-0.2, -0.15) is 0 Å². The van der Waals surface area contributed by atoms with Crippen molar-refractivity contribution in [3.8, 4) is 0 Å². The number of guanidine groups is 1. The smallest absolute Gasteiger partial charge is 0.193 e. The summed E-state index contributed by atoms with van der Waals surface area (Å²) in [6.07, 6.45) is 7.37. The van der Waals surface area contributed by atoms with Crippen molar-refractivity contribution < 1.29 is 9.47 Å². The summed E-state index contributed by atoms with van der Waals surface area (Å²) in [5, 5.41) is 3.49. The molecule has 1 aromatic rings. The molecule has 3 heterocycles. The summed E-state index contributed by atoms with van der Waals surface area (Å²) in [4.78, 5) is 10.9. The SMILES string of the molecule is CN=C(NCCc1ccncc1C)N1CCOC(C2CCCO2)C1. The van der Waals surface area contributed by atoms with Crippen LogP contribution in [0, 0.1) is 6.92 Å². The Bertz CT molecular complexity index is 558. The molecule has 3 rings (SSSR count). The Morgan fingerprint density at radius 2 is 2.25 bits per heavy atom. The van der Waals surface area contributed by atoms with Crippen molar-refractivity contribution in [3.63, 3.8) is 0 Å². The first-order valence-corrected chi connectivity index (χ1v) is 8.86. The van der Waals surface area contributed by atoms with Crippen molar-refractivity contribution in [2.45, 2.75) is 38.4 Å². The van der Waals surface area contributed by atoms with E-state index >= 15 is 0 Å². The Kier molecular flexibility index (Phi) is 6.04. The van der Waals surface area contributed by atoms with Gasteiger partial charge >= 0.3 is 0 Å². The summed E-state index contributed by atoms with van der Waals surface area (Å²) in [6, 6.07) is 2.09. The first-order valence-electron chi connectivity index (χ1n) is 8.86. The molecule has 24 heavy (non-hydrogen) atoms. The fourth-order valence-corrected chi connectivity index (χ4v) is 3.41. The number of pyridine rings is 1. The molecular weight excluding hydrogens is 304 g/mol. The van der Waals surface area contributed by atoms with Crippen LogP contribution in [0.15, 0.2) is 23.5 Å². The predicted molar refractivity (Wildman–Crippen MR) is 94.3 cm³/mol. The molecule has 6 nitrogen and oxygen atoms in total. The van der Waals surface area contributed by atoms with Gasteiger partial charge in [-0.25, -0.2) is 0 Å². The van der Waals surface area contributed by atoms with Gasteiger partial charge in [-0.1, -0.05) is 0 Å². The highest BCUT2D eigenvalue weighted by Crippen LogP contribution is 2.21. The number of aryl methyl sites for hydroxylation is 1. The summed E-state index contributed by atoms with van der Waals surface area (Å²) in [5.74, 6) is 0.952. The van der Waals surface area contributed by atoms with Crippen molar-refractivity contribution in [2.75, 3.05) is 39.9 Å². The van der Waals surface area contributed by atoms with E-state index in [0.717, 1.165) is 58.1 Å². The lowest BCUT2D eigenvalue weighted by Crippen LogP contribution is -2.53. The van der Waals surface area contributed by atoms with Gasteiger partial charge < -0.3 is 19.7 Å². The van der Waals surface area contributed by atoms with E-state index in [9.17, 15) is 0 Å². The van der Waals surface area contributed by atoms with E-state index in [1.54, 1.807) is 0 Å². The second-order valence-electron chi connectivity index (χ2n) is 6.43. The molecule has 2 aliphatic rings. The Balaban J connectivity index is 1.51. The lowest BCUT2D eigenvalue weighted by atomic mass is 10.1. The fraction of sp³-hybridized carbons (Fsp3) is 0.667. The molecule has 2 aliphatic heterocycles. The quantitative estimate of drug-likeness (QED) is 0.667. The summed E-state index contributed by atoms with van der Waals surface area (Å²) in [7, 11) is 1.84. The molecule has 6 heteroatoms. The summed E-state index contributed by atoms with van der Waals surface area (Å²) in [6.45, 7) is 6.28. The molecule has 2 saturated heterocycles. The normalized spacial score (nSPS) is 25.1. The van der Waals surface area contributed by atoms with E-state index in [1.807, 2.05) is 19.4 Å². The molecule has 0 spiro atoms. The topological polar surface area (TPSA) is 59.0 Å². The number of hydrogen-bond acceptors (Lipinski definition) is 4. The molecule has 2 fully saturated rings. The van der Waals surface area contributed by atoms with Gasteiger partial charge in [-0.15, -0.1) is 0 Å². The number of nitrogens with zero attached hydrogens (tertiary/aromatic N) is 3. The molecular formula is C18H28N4O2. The second-order valence-corrected chi connectivity index (χ2v) is 6.43. The van der Waals surface area contributed by atoms with E-state index < -0.39 is 0 Å². The van der Waals surface area contributed by atoms with Crippen molar-refractivity contribution in [2.24, 2.45) is 4.99 Å². The average Bonchev–Trinajstić information content (AvgIpc) is 3.15. The van der Waals surface area contributed by atoms with E-state index in [0.29, 0.717) is 0 Å². The third-order valence-electron chi connectivity index (χ3n) is 4.80. The molecule has 0 radical (unpaired) electrons. The first kappa shape index (κ1) is 17.2. The zero-order valence-corrected chi connectivity index (χ0v) is 14.7. The molecule has 0 amide bonds. The Labute approximate surface area is 144 Å². The van der Waals surface area contributed by atoms with Gasteiger partial charge in [0.15, 0.2) is 5.96 Å². The highest BCUT2D eigenvalue weighted by molar-refractivity contribution is 5.80. The zero-order valence-electron chi connectivity index (χ0n) is 14.7. The first-order chi connectivity index (χ1) is 11.8. The molecule has 0 aromatic carbocycles. The minimum atomic E-state index is 0.155. The van der Waals surface area contributed by atoms with Crippen LogP contribution in [0.5, 0.6) is 0 Å². The number of rotatable bonds is 4. The molecule has 1 aromatic heterocycles. The minimum Gasteiger partial charge on any atom is -0.375 e. The Morgan fingerprint density at radius 1 is 1.38 bits per heavy atom. The lowest BCUT2D eigenvalue weighted by molar-refractivity contribution is -0.0816. The third kappa shape index (κ3) is 4.24. The third-order valence-corrected chi connectivity index (χ3v) is 4.80. The summed E-state index contributed by atoms with van der Waals surface area (Å²) >= 11 is 0. The average molecular weight is 332 g/mol. The molecule has 0 saturated carbocycles. The van der Waals surface area contributed by atoms with Crippen molar-refractivity contribution in [1.29, 1.82) is 0 Å². The van der Waals surface area contributed by atoms with Crippen LogP contribution in [0.1, 0.15) is 24.0 Å². The largest absolute Gasteiger partial charge is 0.375 e. The maximum absolute atomic E-state index is 5.92. The maximum atomic E-state index is 5.92. The molecule has 2 atom stereocenters. The van der Waals surface area contributed by atoms with Gasteiger partial charge in [0.25, 0.3) is 0 Å². The van der Waals surface area contributed by atoms with Crippen LogP contribution in [0.25, 0.3) is 0 Å². The maximum Gasteiger partial charge on any atom is 0.193 e. The molecule has 0 aliphatic carbocycles. The number of aromatic nitrogens is 1. The van der Waals surface area contributed by atoms with Gasteiger partial charge in [-0.3, -0.25) is 9.98 Å². The van der Waals surface area contributed by atoms with Crippen LogP contribution in [0.4, 0.5) is 0 Å². The highest BCUT2D eigenvalue weighted by Gasteiger charge is 2.32. The molecule has 1 N–H and O–H groups in total. The van der Waals surface area contributed by atoms with Gasteiger partial charge in [0.1, 0.15) is 6.10 Å². The van der Waals surface area contributed by atoms with Crippen molar-refractivity contribution >= 4 is 5.96 Å². The van der Waals surface area contributed by atoms with Crippen LogP contribution in [0.3, 0.4) is 0 Å². The van der Waals surface area contributed by atoms with E-state index in [1.165, 1.54) is 11.1 Å². The molecule has 132 valence electrons. The van der Waals surface area contributed by atoms with E-state index in [-0.39, 0.29) is 12.2 Å². The lowest BCUT2D eigenvalue weighted by Gasteiger charge is -2.37. The van der Waals surface area contributed by atoms with Crippen LogP contribution >= 0.6 is 0 Å². The Morgan fingerprint density at radius 3 is 3.00 bits per heavy atom. The van der Waals surface area contributed by atoms with Gasteiger partial charge in [-0.05, 0) is 43.4 Å². The molecule has 2 unspecified atom stereocenters. The van der Waals surface area contributed by atoms with Crippen LogP contribution < -0.4 is 5.32 Å². The zero-order chi connectivity index (χ0) is 16.8. The van der Waals surface area contributed by atoms with Gasteiger partial charge in [0, 0.05) is 45.7 Å². The number of ether oxygens (including phenoxy) is 2. The monoisotopic (exact) mass is 332 g/mol. The standard InChI is InChI=1S/C18H28N4O2/c1-14-12-20-7-5-15(14)6-8-21-18(19-2)22-9-11-24-17(13-22)16-4-3-10-23-16/h5,7,12,16-17H,3-4,6,8-11,13H2,1-2H3,(H,19,21). The van der Waals surface area contributed by atoms with Crippen LogP contribution in [0.2, 0.25) is 0 Å². The van der Waals surface area contributed by atoms with Gasteiger partial charge in [0.05, 0.1) is 12.7 Å². The summed E-state index contributed by atoms with van der Waals surface area (Å²) in [5.41, 5.74) is 2.56. The highest BCUT2D eigenvalue weighted by atomic mass is 16.5. The van der Waals surface area contributed by atoms with Crippen LogP contribution in [-0.2, 0) is 15.9 Å². The Hall–Kier alpha value is -1.66. The summed E-state index contributed by atoms with van der Waals surface area (Å²) < 4.78 is 11.7. The number of nitrogens with one attached hydrogen (secondary N) is 1. The van der Waals surface area contributed by atoms with E-state index in [2.05, 4.69) is 33.2 Å². The van der Waals surface area contributed by atoms with Crippen molar-refractivity contribution in [3.05, 3.63) is 29.6 Å². The number of aliphatic imine (C=N–C) groups is 1. The van der Waals surface area contributed by atoms with Gasteiger partial charge in [0.2, 0.25) is 0 Å².